The SMILES string of the molecule is NCC#Cc1cccc(S(=O)(=O)N2CC3CCC2C3)c1. The van der Waals surface area contributed by atoms with Gasteiger partial charge in [0.15, 0.2) is 0 Å². The molecule has 5 heteroatoms. The number of sulfonamides is 1. The van der Waals surface area contributed by atoms with E-state index in [2.05, 4.69) is 11.8 Å². The van der Waals surface area contributed by atoms with Gasteiger partial charge in [-0.3, -0.25) is 0 Å². The van der Waals surface area contributed by atoms with E-state index in [1.165, 1.54) is 6.42 Å². The summed E-state index contributed by atoms with van der Waals surface area (Å²) in [4.78, 5) is 0.342. The van der Waals surface area contributed by atoms with Crippen LogP contribution in [0, 0.1) is 17.8 Å². The van der Waals surface area contributed by atoms with Crippen molar-refractivity contribution in [3.63, 3.8) is 0 Å². The minimum Gasteiger partial charge on any atom is -0.320 e. The second kappa shape index (κ2) is 5.21. The molecule has 2 atom stereocenters. The van der Waals surface area contributed by atoms with Gasteiger partial charge in [0.2, 0.25) is 10.0 Å². The van der Waals surface area contributed by atoms with E-state index in [9.17, 15) is 8.42 Å². The summed E-state index contributed by atoms with van der Waals surface area (Å²) in [6.07, 6.45) is 3.18. The molecule has 2 N–H and O–H groups in total. The molecule has 2 aliphatic rings. The zero-order chi connectivity index (χ0) is 14.2. The van der Waals surface area contributed by atoms with Crippen LogP contribution in [0.25, 0.3) is 0 Å². The molecule has 1 aromatic carbocycles. The van der Waals surface area contributed by atoms with E-state index in [1.807, 2.05) is 0 Å². The summed E-state index contributed by atoms with van der Waals surface area (Å²) in [6, 6.07) is 7.03. The molecule has 1 heterocycles. The number of benzene rings is 1. The first-order valence-corrected chi connectivity index (χ1v) is 8.36. The third-order valence-corrected chi connectivity index (χ3v) is 6.05. The lowest BCUT2D eigenvalue weighted by Gasteiger charge is -2.26. The smallest absolute Gasteiger partial charge is 0.243 e. The fraction of sp³-hybridized carbons (Fsp3) is 0.467. The van der Waals surface area contributed by atoms with E-state index in [4.69, 9.17) is 5.73 Å². The monoisotopic (exact) mass is 290 g/mol. The summed E-state index contributed by atoms with van der Waals surface area (Å²) in [5, 5.41) is 0. The van der Waals surface area contributed by atoms with Gasteiger partial charge < -0.3 is 5.73 Å². The van der Waals surface area contributed by atoms with Crippen molar-refractivity contribution in [2.75, 3.05) is 13.1 Å². The van der Waals surface area contributed by atoms with Gasteiger partial charge in [-0.15, -0.1) is 0 Å². The van der Waals surface area contributed by atoms with Gasteiger partial charge in [0.25, 0.3) is 0 Å². The van der Waals surface area contributed by atoms with Crippen LogP contribution in [0.2, 0.25) is 0 Å². The Hall–Kier alpha value is -1.35. The van der Waals surface area contributed by atoms with Crippen LogP contribution in [0.1, 0.15) is 24.8 Å². The molecule has 1 aromatic rings. The van der Waals surface area contributed by atoms with E-state index < -0.39 is 10.0 Å². The predicted molar refractivity (Wildman–Crippen MR) is 77.4 cm³/mol. The molecule has 20 heavy (non-hydrogen) atoms. The number of nitrogens with zero attached hydrogens (tertiary/aromatic N) is 1. The van der Waals surface area contributed by atoms with Gasteiger partial charge in [0.1, 0.15) is 0 Å². The highest BCUT2D eigenvalue weighted by molar-refractivity contribution is 7.89. The molecule has 1 saturated heterocycles. The summed E-state index contributed by atoms with van der Waals surface area (Å²) < 4.78 is 27.1. The van der Waals surface area contributed by atoms with Crippen LogP contribution in [-0.4, -0.2) is 31.9 Å². The molecule has 1 saturated carbocycles. The number of rotatable bonds is 2. The minimum absolute atomic E-state index is 0.198. The van der Waals surface area contributed by atoms with Gasteiger partial charge in [-0.1, -0.05) is 17.9 Å². The Morgan fingerprint density at radius 1 is 1.35 bits per heavy atom. The maximum absolute atomic E-state index is 12.7. The first-order valence-electron chi connectivity index (χ1n) is 6.92. The average Bonchev–Trinajstić information content (AvgIpc) is 3.08. The Kier molecular flexibility index (Phi) is 3.55. The van der Waals surface area contributed by atoms with Gasteiger partial charge in [0.05, 0.1) is 11.4 Å². The van der Waals surface area contributed by atoms with E-state index in [1.54, 1.807) is 28.6 Å². The van der Waals surface area contributed by atoms with E-state index >= 15 is 0 Å². The molecule has 0 aromatic heterocycles. The molecule has 3 rings (SSSR count). The van der Waals surface area contributed by atoms with Crippen LogP contribution in [-0.2, 0) is 10.0 Å². The maximum atomic E-state index is 12.7. The normalized spacial score (nSPS) is 25.4. The molecular weight excluding hydrogens is 272 g/mol. The fourth-order valence-electron chi connectivity index (χ4n) is 3.20. The topological polar surface area (TPSA) is 63.4 Å². The highest BCUT2D eigenvalue weighted by Gasteiger charge is 2.44. The largest absolute Gasteiger partial charge is 0.320 e. The molecule has 2 unspecified atom stereocenters. The van der Waals surface area contributed by atoms with Gasteiger partial charge in [-0.25, -0.2) is 8.42 Å². The summed E-state index contributed by atoms with van der Waals surface area (Å²) in [7, 11) is -3.38. The van der Waals surface area contributed by atoms with E-state index in [0.29, 0.717) is 22.9 Å². The minimum atomic E-state index is -3.38. The van der Waals surface area contributed by atoms with Crippen LogP contribution in [0.4, 0.5) is 0 Å². The lowest BCUT2D eigenvalue weighted by atomic mass is 10.1. The molecule has 4 nitrogen and oxygen atoms in total. The molecule has 0 radical (unpaired) electrons. The molecule has 0 spiro atoms. The number of fused-ring (bicyclic) bond motifs is 2. The summed E-state index contributed by atoms with van der Waals surface area (Å²) in [5.74, 6) is 6.18. The van der Waals surface area contributed by atoms with Crippen molar-refractivity contribution >= 4 is 10.0 Å². The third-order valence-electron chi connectivity index (χ3n) is 4.13. The number of piperidine rings is 1. The van der Waals surface area contributed by atoms with Crippen LogP contribution >= 0.6 is 0 Å². The maximum Gasteiger partial charge on any atom is 0.243 e. The third kappa shape index (κ3) is 2.35. The summed E-state index contributed by atoms with van der Waals surface area (Å²) >= 11 is 0. The lowest BCUT2D eigenvalue weighted by Crippen LogP contribution is -2.37. The first kappa shape index (κ1) is 13.6. The molecule has 106 valence electrons. The van der Waals surface area contributed by atoms with Crippen molar-refractivity contribution < 1.29 is 8.42 Å². The summed E-state index contributed by atoms with van der Waals surface area (Å²) in [5.41, 5.74) is 6.04. The summed E-state index contributed by atoms with van der Waals surface area (Å²) in [6.45, 7) is 0.943. The van der Waals surface area contributed by atoms with Crippen molar-refractivity contribution in [3.05, 3.63) is 29.8 Å². The van der Waals surface area contributed by atoms with E-state index in [0.717, 1.165) is 12.8 Å². The van der Waals surface area contributed by atoms with Crippen LogP contribution < -0.4 is 5.73 Å². The lowest BCUT2D eigenvalue weighted by molar-refractivity contribution is 0.333. The molecule has 0 amide bonds. The second-order valence-electron chi connectivity index (χ2n) is 5.44. The first-order chi connectivity index (χ1) is 9.61. The fourth-order valence-corrected chi connectivity index (χ4v) is 4.98. The number of hydrogen-bond acceptors (Lipinski definition) is 3. The Labute approximate surface area is 120 Å². The van der Waals surface area contributed by atoms with Crippen molar-refractivity contribution in [2.45, 2.75) is 30.2 Å². The van der Waals surface area contributed by atoms with Crippen LogP contribution in [0.3, 0.4) is 0 Å². The molecule has 1 aliphatic heterocycles. The van der Waals surface area contributed by atoms with E-state index in [-0.39, 0.29) is 12.6 Å². The molecule has 2 fully saturated rings. The zero-order valence-electron chi connectivity index (χ0n) is 11.2. The Balaban J connectivity index is 1.91. The van der Waals surface area contributed by atoms with Gasteiger partial charge in [-0.05, 0) is 43.4 Å². The van der Waals surface area contributed by atoms with Gasteiger partial charge >= 0.3 is 0 Å². The predicted octanol–water partition coefficient (Wildman–Crippen LogP) is 1.17. The Morgan fingerprint density at radius 3 is 2.85 bits per heavy atom. The van der Waals surface area contributed by atoms with Crippen molar-refractivity contribution in [1.29, 1.82) is 0 Å². The van der Waals surface area contributed by atoms with Crippen LogP contribution in [0.5, 0.6) is 0 Å². The number of hydrogen-bond donors (Lipinski definition) is 1. The quantitative estimate of drug-likeness (QED) is 0.832. The Morgan fingerprint density at radius 2 is 2.20 bits per heavy atom. The highest BCUT2D eigenvalue weighted by Crippen LogP contribution is 2.40. The zero-order valence-corrected chi connectivity index (χ0v) is 12.1. The number of nitrogens with two attached hydrogens (primary N) is 1. The van der Waals surface area contributed by atoms with Crippen LogP contribution in [0.15, 0.2) is 29.2 Å². The molecule has 2 bridgehead atoms. The van der Waals surface area contributed by atoms with Gasteiger partial charge in [-0.2, -0.15) is 4.31 Å². The van der Waals surface area contributed by atoms with Gasteiger partial charge in [0, 0.05) is 18.2 Å². The van der Waals surface area contributed by atoms with Crippen molar-refractivity contribution in [3.8, 4) is 11.8 Å². The van der Waals surface area contributed by atoms with Crippen molar-refractivity contribution in [1.82, 2.24) is 4.31 Å². The Bertz CT molecular complexity index is 673. The molecule has 1 aliphatic carbocycles. The molecular formula is C15H18N2O2S. The van der Waals surface area contributed by atoms with Crippen molar-refractivity contribution in [2.24, 2.45) is 11.7 Å². The second-order valence-corrected chi connectivity index (χ2v) is 7.33. The average molecular weight is 290 g/mol. The highest BCUT2D eigenvalue weighted by atomic mass is 32.2. The standard InChI is InChI=1S/C15H18N2O2S/c16-8-2-4-12-3-1-5-15(10-12)20(18,19)17-11-13-6-7-14(17)9-13/h1,3,5,10,13-14H,6-9,11,16H2.